The van der Waals surface area contributed by atoms with Crippen molar-refractivity contribution in [2.45, 2.75) is 11.8 Å². The first-order chi connectivity index (χ1) is 13.8. The van der Waals surface area contributed by atoms with Crippen LogP contribution >= 0.6 is 12.2 Å². The molecule has 3 aromatic rings. The van der Waals surface area contributed by atoms with Gasteiger partial charge in [0.2, 0.25) is 0 Å². The van der Waals surface area contributed by atoms with Crippen molar-refractivity contribution in [1.29, 1.82) is 0 Å². The quantitative estimate of drug-likeness (QED) is 0.539. The van der Waals surface area contributed by atoms with Crippen LogP contribution in [0.15, 0.2) is 83.8 Å². The van der Waals surface area contributed by atoms with Crippen LogP contribution in [-0.2, 0) is 10.0 Å². The third kappa shape index (κ3) is 5.63. The molecule has 0 heterocycles. The molecule has 0 aromatic heterocycles. The van der Waals surface area contributed by atoms with Crippen molar-refractivity contribution in [3.05, 3.63) is 90.0 Å². The highest BCUT2D eigenvalue weighted by atomic mass is 32.2. The molecule has 0 saturated carbocycles. The molecular formula is C21H19N3O3S2. The molecule has 3 rings (SSSR count). The number of para-hydroxylation sites is 1. The Morgan fingerprint density at radius 3 is 2.21 bits per heavy atom. The number of benzene rings is 3. The number of hydrogen-bond acceptors (Lipinski definition) is 4. The molecule has 6 nitrogen and oxygen atoms in total. The minimum atomic E-state index is -3.70. The van der Waals surface area contributed by atoms with E-state index < -0.39 is 10.0 Å². The molecule has 148 valence electrons. The number of rotatable bonds is 5. The number of thiocarbonyl (C=S) groups is 1. The fourth-order valence-electron chi connectivity index (χ4n) is 2.56. The molecule has 0 atom stereocenters. The van der Waals surface area contributed by atoms with E-state index in [-0.39, 0.29) is 15.9 Å². The zero-order valence-electron chi connectivity index (χ0n) is 15.5. The van der Waals surface area contributed by atoms with Gasteiger partial charge in [0.25, 0.3) is 15.9 Å². The van der Waals surface area contributed by atoms with Crippen LogP contribution in [-0.4, -0.2) is 19.4 Å². The molecule has 3 aromatic carbocycles. The molecule has 8 heteroatoms. The van der Waals surface area contributed by atoms with E-state index in [0.717, 1.165) is 5.56 Å². The molecule has 1 amide bonds. The summed E-state index contributed by atoms with van der Waals surface area (Å²) < 4.78 is 27.4. The molecule has 0 saturated heterocycles. The van der Waals surface area contributed by atoms with Gasteiger partial charge in [-0.05, 0) is 67.7 Å². The summed E-state index contributed by atoms with van der Waals surface area (Å²) in [5.41, 5.74) is 2.51. The molecule has 0 radical (unpaired) electrons. The standard InChI is InChI=1S/C21H19N3O3S2/c1-15-6-5-7-16(14-15)20(25)23-21(28)22-17-10-12-19(13-11-17)29(26,27)24-18-8-3-2-4-9-18/h2-14,24H,1H3,(H2,22,23,25,28). The third-order valence-corrected chi connectivity index (χ3v) is 5.56. The first-order valence-corrected chi connectivity index (χ1v) is 10.6. The maximum atomic E-state index is 12.5. The van der Waals surface area contributed by atoms with Gasteiger partial charge in [0.1, 0.15) is 0 Å². The van der Waals surface area contributed by atoms with Crippen LogP contribution in [0.2, 0.25) is 0 Å². The number of carbonyl (C=O) groups excluding carboxylic acids is 1. The fourth-order valence-corrected chi connectivity index (χ4v) is 3.83. The zero-order valence-corrected chi connectivity index (χ0v) is 17.2. The third-order valence-electron chi connectivity index (χ3n) is 3.96. The Kier molecular flexibility index (Phi) is 6.26. The van der Waals surface area contributed by atoms with Crippen LogP contribution in [0.3, 0.4) is 0 Å². The fraction of sp³-hybridized carbons (Fsp3) is 0.0476. The summed E-state index contributed by atoms with van der Waals surface area (Å²) in [6.45, 7) is 1.90. The van der Waals surface area contributed by atoms with Gasteiger partial charge in [-0.1, -0.05) is 35.9 Å². The molecule has 0 aliphatic carbocycles. The maximum absolute atomic E-state index is 12.5. The van der Waals surface area contributed by atoms with Gasteiger partial charge in [-0.15, -0.1) is 0 Å². The van der Waals surface area contributed by atoms with Crippen molar-refractivity contribution < 1.29 is 13.2 Å². The van der Waals surface area contributed by atoms with Crippen molar-refractivity contribution in [1.82, 2.24) is 5.32 Å². The Morgan fingerprint density at radius 2 is 1.55 bits per heavy atom. The maximum Gasteiger partial charge on any atom is 0.261 e. The summed E-state index contributed by atoms with van der Waals surface area (Å²) in [7, 11) is -3.70. The summed E-state index contributed by atoms with van der Waals surface area (Å²) in [6.07, 6.45) is 0. The summed E-state index contributed by atoms with van der Waals surface area (Å²) in [5, 5.41) is 5.59. The Labute approximate surface area is 175 Å². The Balaban J connectivity index is 1.62. The molecule has 0 aliphatic rings. The van der Waals surface area contributed by atoms with Gasteiger partial charge < -0.3 is 5.32 Å². The van der Waals surface area contributed by atoms with Gasteiger partial charge in [0.05, 0.1) is 4.90 Å². The van der Waals surface area contributed by atoms with Gasteiger partial charge in [-0.3, -0.25) is 14.8 Å². The molecular weight excluding hydrogens is 406 g/mol. The predicted octanol–water partition coefficient (Wildman–Crippen LogP) is 3.92. The molecule has 0 fully saturated rings. The molecule has 3 N–H and O–H groups in total. The molecule has 0 aliphatic heterocycles. The Bertz CT molecular complexity index is 1130. The lowest BCUT2D eigenvalue weighted by molar-refractivity contribution is 0.0977. The highest BCUT2D eigenvalue weighted by Crippen LogP contribution is 2.18. The number of hydrogen-bond donors (Lipinski definition) is 3. The molecule has 0 bridgehead atoms. The largest absolute Gasteiger partial charge is 0.332 e. The van der Waals surface area contributed by atoms with Crippen molar-refractivity contribution in [2.24, 2.45) is 0 Å². The van der Waals surface area contributed by atoms with Crippen molar-refractivity contribution in [3.8, 4) is 0 Å². The van der Waals surface area contributed by atoms with Gasteiger partial charge in [-0.2, -0.15) is 0 Å². The van der Waals surface area contributed by atoms with Crippen LogP contribution in [0, 0.1) is 6.92 Å². The summed E-state index contributed by atoms with van der Waals surface area (Å²) in [4.78, 5) is 12.3. The minimum Gasteiger partial charge on any atom is -0.332 e. The minimum absolute atomic E-state index is 0.113. The lowest BCUT2D eigenvalue weighted by atomic mass is 10.1. The van der Waals surface area contributed by atoms with Crippen molar-refractivity contribution in [2.75, 3.05) is 10.0 Å². The molecule has 0 unspecified atom stereocenters. The monoisotopic (exact) mass is 425 g/mol. The van der Waals surface area contributed by atoms with E-state index in [0.29, 0.717) is 16.9 Å². The first-order valence-electron chi connectivity index (χ1n) is 8.70. The lowest BCUT2D eigenvalue weighted by Crippen LogP contribution is -2.34. The second-order valence-corrected chi connectivity index (χ2v) is 8.36. The lowest BCUT2D eigenvalue weighted by Gasteiger charge is -2.11. The zero-order chi connectivity index (χ0) is 20.9. The summed E-state index contributed by atoms with van der Waals surface area (Å²) in [6, 6.07) is 21.9. The first kappa shape index (κ1) is 20.5. The number of aryl methyl sites for hydroxylation is 1. The van der Waals surface area contributed by atoms with E-state index in [4.69, 9.17) is 12.2 Å². The Hall–Kier alpha value is -3.23. The Morgan fingerprint density at radius 1 is 0.862 bits per heavy atom. The van der Waals surface area contributed by atoms with Crippen LogP contribution in [0.4, 0.5) is 11.4 Å². The van der Waals surface area contributed by atoms with E-state index >= 15 is 0 Å². The molecule has 0 spiro atoms. The smallest absolute Gasteiger partial charge is 0.261 e. The normalized spacial score (nSPS) is 10.8. The highest BCUT2D eigenvalue weighted by molar-refractivity contribution is 7.92. The molecule has 29 heavy (non-hydrogen) atoms. The summed E-state index contributed by atoms with van der Waals surface area (Å²) >= 11 is 5.16. The second kappa shape index (κ2) is 8.85. The van der Waals surface area contributed by atoms with Crippen LogP contribution in [0.5, 0.6) is 0 Å². The van der Waals surface area contributed by atoms with Crippen molar-refractivity contribution >= 4 is 44.6 Å². The van der Waals surface area contributed by atoms with Crippen molar-refractivity contribution in [3.63, 3.8) is 0 Å². The van der Waals surface area contributed by atoms with E-state index in [1.807, 2.05) is 13.0 Å². The predicted molar refractivity (Wildman–Crippen MR) is 119 cm³/mol. The van der Waals surface area contributed by atoms with E-state index in [1.165, 1.54) is 12.1 Å². The number of anilines is 2. The average molecular weight is 426 g/mol. The number of amides is 1. The van der Waals surface area contributed by atoms with Crippen LogP contribution < -0.4 is 15.4 Å². The second-order valence-electron chi connectivity index (χ2n) is 6.27. The van der Waals surface area contributed by atoms with E-state index in [1.54, 1.807) is 60.7 Å². The van der Waals surface area contributed by atoms with Gasteiger partial charge >= 0.3 is 0 Å². The average Bonchev–Trinajstić information content (AvgIpc) is 2.68. The SMILES string of the molecule is Cc1cccc(C(=O)NC(=S)Nc2ccc(S(=O)(=O)Nc3ccccc3)cc2)c1. The van der Waals surface area contributed by atoms with Crippen LogP contribution in [0.25, 0.3) is 0 Å². The number of nitrogens with one attached hydrogen (secondary N) is 3. The highest BCUT2D eigenvalue weighted by Gasteiger charge is 2.14. The van der Waals surface area contributed by atoms with E-state index in [9.17, 15) is 13.2 Å². The topological polar surface area (TPSA) is 87.3 Å². The van der Waals surface area contributed by atoms with Gasteiger partial charge in [0.15, 0.2) is 5.11 Å². The summed E-state index contributed by atoms with van der Waals surface area (Å²) in [5.74, 6) is -0.322. The van der Waals surface area contributed by atoms with Gasteiger partial charge in [0, 0.05) is 16.9 Å². The number of sulfonamides is 1. The van der Waals surface area contributed by atoms with E-state index in [2.05, 4.69) is 15.4 Å². The van der Waals surface area contributed by atoms with Crippen LogP contribution in [0.1, 0.15) is 15.9 Å². The number of carbonyl (C=O) groups is 1. The van der Waals surface area contributed by atoms with Gasteiger partial charge in [-0.25, -0.2) is 8.42 Å².